The van der Waals surface area contributed by atoms with Gasteiger partial charge in [0.1, 0.15) is 6.54 Å². The maximum absolute atomic E-state index is 12.5. The van der Waals surface area contributed by atoms with Gasteiger partial charge in [-0.2, -0.15) is 4.68 Å². The van der Waals surface area contributed by atoms with Crippen molar-refractivity contribution in [1.29, 1.82) is 0 Å². The summed E-state index contributed by atoms with van der Waals surface area (Å²) in [6.07, 6.45) is -0.0763. The molecule has 1 fully saturated rings. The van der Waals surface area contributed by atoms with Crippen LogP contribution in [0.4, 0.5) is 0 Å². The molecule has 0 radical (unpaired) electrons. The third-order valence-electron chi connectivity index (χ3n) is 3.78. The van der Waals surface area contributed by atoms with Crippen molar-refractivity contribution in [2.24, 2.45) is 0 Å². The molecule has 3 rings (SSSR count). The number of carbonyl (C=O) groups is 1. The van der Waals surface area contributed by atoms with Crippen LogP contribution in [0.5, 0.6) is 0 Å². The fraction of sp³-hybridized carbons (Fsp3) is 0.400. The molecule has 2 atom stereocenters. The van der Waals surface area contributed by atoms with Gasteiger partial charge >= 0.3 is 5.76 Å². The summed E-state index contributed by atoms with van der Waals surface area (Å²) >= 11 is 0. The van der Waals surface area contributed by atoms with E-state index in [0.717, 1.165) is 10.2 Å². The molecule has 1 aliphatic heterocycles. The molecular formula is C15H17N3O4. The summed E-state index contributed by atoms with van der Waals surface area (Å²) in [4.78, 5) is 25.6. The van der Waals surface area contributed by atoms with E-state index >= 15 is 0 Å². The Kier molecular flexibility index (Phi) is 3.81. The topological polar surface area (TPSA) is 88.6 Å². The van der Waals surface area contributed by atoms with Gasteiger partial charge < -0.3 is 14.4 Å². The Hall–Kier alpha value is -2.41. The second-order valence-corrected chi connectivity index (χ2v) is 5.41. The number of carbonyl (C=O) groups excluding carboxylic acids is 1. The predicted octanol–water partition coefficient (Wildman–Crippen LogP) is 0.479. The van der Waals surface area contributed by atoms with Crippen LogP contribution in [0.2, 0.25) is 0 Å². The summed E-state index contributed by atoms with van der Waals surface area (Å²) in [6, 6.07) is 9.36. The monoisotopic (exact) mass is 303 g/mol. The zero-order valence-corrected chi connectivity index (χ0v) is 12.2. The van der Waals surface area contributed by atoms with Gasteiger partial charge in [0.25, 0.3) is 0 Å². The average Bonchev–Trinajstić information content (AvgIpc) is 3.03. The van der Waals surface area contributed by atoms with Gasteiger partial charge in [0.15, 0.2) is 0 Å². The van der Waals surface area contributed by atoms with Gasteiger partial charge in [-0.3, -0.25) is 4.79 Å². The molecule has 0 bridgehead atoms. The summed E-state index contributed by atoms with van der Waals surface area (Å²) < 4.78 is 5.79. The Morgan fingerprint density at radius 1 is 1.41 bits per heavy atom. The molecule has 1 saturated heterocycles. The van der Waals surface area contributed by atoms with Gasteiger partial charge in [-0.15, -0.1) is 5.10 Å². The fourth-order valence-electron chi connectivity index (χ4n) is 2.81. The number of aliphatic hydroxyl groups excluding tert-OH is 1. The lowest BCUT2D eigenvalue weighted by molar-refractivity contribution is -0.133. The van der Waals surface area contributed by atoms with E-state index in [1.54, 1.807) is 11.8 Å². The number of β-amino-alcohol motifs (C(OH)–C–C–N with tert-alkyl or cyclic N) is 1. The fourth-order valence-corrected chi connectivity index (χ4v) is 2.81. The van der Waals surface area contributed by atoms with Crippen LogP contribution in [0.1, 0.15) is 23.9 Å². The molecule has 0 saturated carbocycles. The van der Waals surface area contributed by atoms with E-state index in [1.165, 1.54) is 0 Å². The summed E-state index contributed by atoms with van der Waals surface area (Å²) in [6.45, 7) is 1.62. The molecular weight excluding hydrogens is 286 g/mol. The minimum Gasteiger partial charge on any atom is -0.393 e. The molecule has 2 aromatic rings. The van der Waals surface area contributed by atoms with E-state index in [4.69, 9.17) is 4.42 Å². The molecule has 0 spiro atoms. The highest BCUT2D eigenvalue weighted by molar-refractivity contribution is 5.76. The van der Waals surface area contributed by atoms with Crippen molar-refractivity contribution in [2.45, 2.75) is 32.0 Å². The number of benzene rings is 1. The molecule has 7 nitrogen and oxygen atoms in total. The van der Waals surface area contributed by atoms with Crippen LogP contribution >= 0.6 is 0 Å². The number of aliphatic hydroxyl groups is 1. The van der Waals surface area contributed by atoms with Crippen LogP contribution in [0.3, 0.4) is 0 Å². The van der Waals surface area contributed by atoms with Gasteiger partial charge in [-0.05, 0) is 12.0 Å². The molecule has 0 aliphatic carbocycles. The van der Waals surface area contributed by atoms with E-state index in [2.05, 4.69) is 5.10 Å². The first-order valence-electron chi connectivity index (χ1n) is 7.11. The Morgan fingerprint density at radius 2 is 2.14 bits per heavy atom. The Balaban J connectivity index is 1.81. The second-order valence-electron chi connectivity index (χ2n) is 5.41. The Bertz CT molecular complexity index is 722. The zero-order valence-electron chi connectivity index (χ0n) is 12.2. The number of hydrogen-bond donors (Lipinski definition) is 1. The van der Waals surface area contributed by atoms with Gasteiger partial charge in [-0.25, -0.2) is 4.79 Å². The highest BCUT2D eigenvalue weighted by atomic mass is 16.4. The van der Waals surface area contributed by atoms with E-state index in [1.807, 2.05) is 30.3 Å². The summed E-state index contributed by atoms with van der Waals surface area (Å²) in [5, 5.41) is 13.8. The molecule has 1 aliphatic rings. The molecule has 1 N–H and O–H groups in total. The van der Waals surface area contributed by atoms with E-state index in [-0.39, 0.29) is 30.9 Å². The first-order valence-corrected chi connectivity index (χ1v) is 7.11. The van der Waals surface area contributed by atoms with Crippen LogP contribution < -0.4 is 5.76 Å². The number of amides is 1. The number of rotatable bonds is 3. The quantitative estimate of drug-likeness (QED) is 0.891. The summed E-state index contributed by atoms with van der Waals surface area (Å²) in [5.74, 6) is -0.693. The highest BCUT2D eigenvalue weighted by Crippen LogP contribution is 2.32. The van der Waals surface area contributed by atoms with Gasteiger partial charge in [0, 0.05) is 13.5 Å². The lowest BCUT2D eigenvalue weighted by atomic mass is 10.0. The number of aryl methyl sites for hydroxylation is 1. The third kappa shape index (κ3) is 2.80. The summed E-state index contributed by atoms with van der Waals surface area (Å²) in [7, 11) is 0. The molecule has 2 unspecified atom stereocenters. The number of aromatic nitrogens is 2. The second kappa shape index (κ2) is 5.76. The average molecular weight is 303 g/mol. The van der Waals surface area contributed by atoms with E-state index < -0.39 is 11.9 Å². The SMILES string of the molecule is Cc1nn(CC(=O)N2CC(O)CC2c2ccccc2)c(=O)o1. The van der Waals surface area contributed by atoms with E-state index in [0.29, 0.717) is 6.42 Å². The zero-order chi connectivity index (χ0) is 15.7. The van der Waals surface area contributed by atoms with Gasteiger partial charge in [-0.1, -0.05) is 30.3 Å². The Labute approximate surface area is 126 Å². The minimum absolute atomic E-state index is 0.188. The molecule has 1 aromatic heterocycles. The standard InChI is InChI=1S/C15H17N3O4/c1-10-16-18(15(21)22-10)9-14(20)17-8-12(19)7-13(17)11-5-3-2-4-6-11/h2-6,12-13,19H,7-9H2,1H3. The van der Waals surface area contributed by atoms with Crippen molar-refractivity contribution in [2.75, 3.05) is 6.54 Å². The third-order valence-corrected chi connectivity index (χ3v) is 3.78. The normalized spacial score (nSPS) is 21.3. The number of likely N-dealkylation sites (tertiary alicyclic amines) is 1. The maximum atomic E-state index is 12.5. The largest absolute Gasteiger partial charge is 0.437 e. The van der Waals surface area contributed by atoms with Crippen molar-refractivity contribution in [3.05, 3.63) is 52.3 Å². The number of nitrogens with zero attached hydrogens (tertiary/aromatic N) is 3. The lowest BCUT2D eigenvalue weighted by Gasteiger charge is -2.24. The predicted molar refractivity (Wildman–Crippen MR) is 77.0 cm³/mol. The van der Waals surface area contributed by atoms with Gasteiger partial charge in [0.05, 0.1) is 12.1 Å². The maximum Gasteiger partial charge on any atom is 0.437 e. The van der Waals surface area contributed by atoms with Crippen molar-refractivity contribution >= 4 is 5.91 Å². The first-order chi connectivity index (χ1) is 10.5. The van der Waals surface area contributed by atoms with Crippen LogP contribution in [0, 0.1) is 6.92 Å². The molecule has 1 aromatic carbocycles. The molecule has 2 heterocycles. The first kappa shape index (κ1) is 14.5. The Morgan fingerprint density at radius 3 is 2.77 bits per heavy atom. The molecule has 116 valence electrons. The minimum atomic E-state index is -0.651. The van der Waals surface area contributed by atoms with Crippen molar-refractivity contribution in [3.63, 3.8) is 0 Å². The van der Waals surface area contributed by atoms with Crippen LogP contribution in [0.15, 0.2) is 39.5 Å². The molecule has 1 amide bonds. The van der Waals surface area contributed by atoms with Crippen molar-refractivity contribution in [1.82, 2.24) is 14.7 Å². The van der Waals surface area contributed by atoms with Gasteiger partial charge in [0.2, 0.25) is 11.8 Å². The lowest BCUT2D eigenvalue weighted by Crippen LogP contribution is -2.36. The molecule has 7 heteroatoms. The summed E-state index contributed by atoms with van der Waals surface area (Å²) in [5.41, 5.74) is 0.969. The van der Waals surface area contributed by atoms with Crippen LogP contribution in [-0.4, -0.2) is 38.3 Å². The highest BCUT2D eigenvalue weighted by Gasteiger charge is 2.35. The van der Waals surface area contributed by atoms with Crippen molar-refractivity contribution in [3.8, 4) is 0 Å². The molecule has 22 heavy (non-hydrogen) atoms. The van der Waals surface area contributed by atoms with Crippen LogP contribution in [-0.2, 0) is 11.3 Å². The van der Waals surface area contributed by atoms with E-state index in [9.17, 15) is 14.7 Å². The smallest absolute Gasteiger partial charge is 0.393 e. The van der Waals surface area contributed by atoms with Crippen LogP contribution in [0.25, 0.3) is 0 Å². The number of hydrogen-bond acceptors (Lipinski definition) is 5. The van der Waals surface area contributed by atoms with Crippen molar-refractivity contribution < 1.29 is 14.3 Å².